The summed E-state index contributed by atoms with van der Waals surface area (Å²) in [4.78, 5) is 21.6. The van der Waals surface area contributed by atoms with Crippen LogP contribution in [0.4, 0.5) is 0 Å². The van der Waals surface area contributed by atoms with E-state index in [1.807, 2.05) is 21.1 Å². The fourth-order valence-corrected chi connectivity index (χ4v) is 6.26. The van der Waals surface area contributed by atoms with Gasteiger partial charge in [-0.1, -0.05) is 153 Å². The molecule has 8 nitrogen and oxygen atoms in total. The summed E-state index contributed by atoms with van der Waals surface area (Å²) in [5.41, 5.74) is 0. The highest BCUT2D eigenvalue weighted by Crippen LogP contribution is 2.43. The monoisotopic (exact) mass is 717 g/mol. The van der Waals surface area contributed by atoms with Crippen molar-refractivity contribution < 1.29 is 37.6 Å². The molecule has 2 unspecified atom stereocenters. The lowest BCUT2D eigenvalue weighted by Gasteiger charge is -2.24. The minimum absolute atomic E-state index is 0.0555. The molecule has 0 bridgehead atoms. The number of aliphatic hydroxyl groups is 1. The first-order chi connectivity index (χ1) is 23.6. The van der Waals surface area contributed by atoms with Crippen LogP contribution in [0.2, 0.25) is 0 Å². The normalized spacial score (nSPS) is 14.2. The number of nitrogens with zero attached hydrogens (tertiary/aromatic N) is 1. The van der Waals surface area contributed by atoms with Crippen LogP contribution >= 0.6 is 7.82 Å². The molecule has 0 saturated heterocycles. The van der Waals surface area contributed by atoms with Crippen molar-refractivity contribution >= 4 is 13.8 Å². The summed E-state index contributed by atoms with van der Waals surface area (Å²) >= 11 is 0. The maximum Gasteiger partial charge on any atom is 0.472 e. The van der Waals surface area contributed by atoms with Gasteiger partial charge in [0.15, 0.2) is 0 Å². The second kappa shape index (κ2) is 34.1. The summed E-state index contributed by atoms with van der Waals surface area (Å²) in [5, 5.41) is 9.90. The van der Waals surface area contributed by atoms with E-state index in [1.54, 1.807) is 0 Å². The molecule has 2 N–H and O–H groups in total. The number of esters is 1. The van der Waals surface area contributed by atoms with Crippen LogP contribution in [0.1, 0.15) is 174 Å². The molecule has 0 fully saturated rings. The molecular weight excluding hydrogens is 637 g/mol. The van der Waals surface area contributed by atoms with Gasteiger partial charge in [-0.05, 0) is 38.5 Å². The fraction of sp³-hybridized carbons (Fsp3) is 0.875. The number of unbranched alkanes of at least 4 members (excludes halogenated alkanes) is 22. The SMILES string of the molecule is CCCCCCC/C=C\C/C=C\CCCCCCCCCCCCCCCCCCCC(=O)OCC(O)COP(=O)(O)OCC[N+](C)(C)C. The van der Waals surface area contributed by atoms with Gasteiger partial charge in [0.2, 0.25) is 0 Å². The molecule has 0 saturated carbocycles. The Morgan fingerprint density at radius 3 is 1.51 bits per heavy atom. The smallest absolute Gasteiger partial charge is 0.463 e. The molecule has 0 spiro atoms. The Kier molecular flexibility index (Phi) is 33.4. The average Bonchev–Trinajstić information content (AvgIpc) is 3.05. The van der Waals surface area contributed by atoms with Crippen LogP contribution < -0.4 is 0 Å². The molecule has 0 aromatic rings. The summed E-state index contributed by atoms with van der Waals surface area (Å²) in [6.45, 7) is 2.15. The number of phosphoric ester groups is 1. The number of likely N-dealkylation sites (N-methyl/N-ethyl adjacent to an activating group) is 1. The molecule has 0 aliphatic heterocycles. The summed E-state index contributed by atoms with van der Waals surface area (Å²) in [6, 6.07) is 0. The van der Waals surface area contributed by atoms with Crippen molar-refractivity contribution in [3.05, 3.63) is 24.3 Å². The van der Waals surface area contributed by atoms with Crippen molar-refractivity contribution in [2.45, 2.75) is 180 Å². The van der Waals surface area contributed by atoms with Crippen LogP contribution in [0.5, 0.6) is 0 Å². The number of carbonyl (C=O) groups is 1. The first-order valence-corrected chi connectivity index (χ1v) is 21.6. The van der Waals surface area contributed by atoms with Crippen LogP contribution in [-0.2, 0) is 23.1 Å². The van der Waals surface area contributed by atoms with Crippen molar-refractivity contribution in [1.82, 2.24) is 0 Å². The summed E-state index contributed by atoms with van der Waals surface area (Å²) in [6.07, 6.45) is 40.7. The summed E-state index contributed by atoms with van der Waals surface area (Å²) in [7, 11) is 1.57. The third-order valence-electron chi connectivity index (χ3n) is 8.71. The quantitative estimate of drug-likeness (QED) is 0.0217. The highest BCUT2D eigenvalue weighted by molar-refractivity contribution is 7.47. The number of carbonyl (C=O) groups excluding carboxylic acids is 1. The Hall–Kier alpha value is -1.02. The van der Waals surface area contributed by atoms with Crippen molar-refractivity contribution in [3.8, 4) is 0 Å². The van der Waals surface area contributed by atoms with E-state index in [4.69, 9.17) is 13.8 Å². The first-order valence-electron chi connectivity index (χ1n) is 20.1. The van der Waals surface area contributed by atoms with E-state index < -0.39 is 20.5 Å². The predicted octanol–water partition coefficient (Wildman–Crippen LogP) is 11.0. The van der Waals surface area contributed by atoms with E-state index in [2.05, 4.69) is 31.2 Å². The lowest BCUT2D eigenvalue weighted by molar-refractivity contribution is -0.870. The lowest BCUT2D eigenvalue weighted by atomic mass is 10.0. The van der Waals surface area contributed by atoms with Crippen LogP contribution in [0, 0.1) is 0 Å². The second-order valence-electron chi connectivity index (χ2n) is 14.9. The molecule has 0 aliphatic carbocycles. The van der Waals surface area contributed by atoms with Gasteiger partial charge in [-0.3, -0.25) is 13.8 Å². The maximum atomic E-state index is 11.9. The van der Waals surface area contributed by atoms with Crippen LogP contribution in [-0.4, -0.2) is 74.1 Å². The van der Waals surface area contributed by atoms with E-state index in [0.717, 1.165) is 25.7 Å². The molecule has 9 heteroatoms. The number of quaternary nitrogens is 1. The molecule has 0 aromatic carbocycles. The van der Waals surface area contributed by atoms with Crippen molar-refractivity contribution in [2.75, 3.05) is 47.5 Å². The molecule has 2 atom stereocenters. The van der Waals surface area contributed by atoms with Crippen LogP contribution in [0.25, 0.3) is 0 Å². The van der Waals surface area contributed by atoms with Crippen molar-refractivity contribution in [1.29, 1.82) is 0 Å². The molecule has 49 heavy (non-hydrogen) atoms. The Labute approximate surface area is 302 Å². The van der Waals surface area contributed by atoms with E-state index in [-0.39, 0.29) is 19.2 Å². The fourth-order valence-electron chi connectivity index (χ4n) is 5.51. The highest BCUT2D eigenvalue weighted by atomic mass is 31.2. The molecule has 0 rings (SSSR count). The number of hydrogen-bond donors (Lipinski definition) is 2. The number of ether oxygens (including phenoxy) is 1. The van der Waals surface area contributed by atoms with Gasteiger partial charge in [-0.25, -0.2) is 4.57 Å². The van der Waals surface area contributed by atoms with Gasteiger partial charge in [-0.15, -0.1) is 0 Å². The number of aliphatic hydroxyl groups excluding tert-OH is 1. The van der Waals surface area contributed by atoms with Crippen LogP contribution in [0.15, 0.2) is 24.3 Å². The van der Waals surface area contributed by atoms with Gasteiger partial charge < -0.3 is 19.2 Å². The number of phosphoric acid groups is 1. The second-order valence-corrected chi connectivity index (χ2v) is 16.3. The molecule has 0 aromatic heterocycles. The molecule has 0 amide bonds. The Morgan fingerprint density at radius 2 is 1.06 bits per heavy atom. The molecule has 0 aliphatic rings. The van der Waals surface area contributed by atoms with E-state index in [1.165, 1.54) is 135 Å². The van der Waals surface area contributed by atoms with E-state index in [9.17, 15) is 19.4 Å². The van der Waals surface area contributed by atoms with Gasteiger partial charge in [0.25, 0.3) is 0 Å². The minimum Gasteiger partial charge on any atom is -0.463 e. The van der Waals surface area contributed by atoms with E-state index >= 15 is 0 Å². The van der Waals surface area contributed by atoms with Gasteiger partial charge in [0, 0.05) is 6.42 Å². The molecule has 0 radical (unpaired) electrons. The van der Waals surface area contributed by atoms with E-state index in [0.29, 0.717) is 17.4 Å². The largest absolute Gasteiger partial charge is 0.472 e. The van der Waals surface area contributed by atoms with Gasteiger partial charge in [0.05, 0.1) is 27.7 Å². The Balaban J connectivity index is 3.38. The lowest BCUT2D eigenvalue weighted by Crippen LogP contribution is -2.37. The topological polar surface area (TPSA) is 102 Å². The molecule has 290 valence electrons. The third kappa shape index (κ3) is 39.6. The van der Waals surface area contributed by atoms with Crippen molar-refractivity contribution in [2.24, 2.45) is 0 Å². The van der Waals surface area contributed by atoms with Crippen LogP contribution in [0.3, 0.4) is 0 Å². The molecule has 0 heterocycles. The minimum atomic E-state index is -4.25. The molecular formula is C40H79NO7P+. The highest BCUT2D eigenvalue weighted by Gasteiger charge is 2.24. The maximum absolute atomic E-state index is 11.9. The van der Waals surface area contributed by atoms with Gasteiger partial charge >= 0.3 is 13.8 Å². The Morgan fingerprint density at radius 1 is 0.633 bits per heavy atom. The standard InChI is InChI=1S/C40H78NO7P/c1-5-6-7-8-9-10-11-12-13-14-15-16-17-18-19-20-21-22-23-24-25-26-27-28-29-30-31-32-33-34-40(43)46-37-39(42)38-48-49(44,45)47-36-35-41(2,3)4/h11-12,14-15,39,42H,5-10,13,16-38H2,1-4H3/p+1/b12-11-,15-14-. The predicted molar refractivity (Wildman–Crippen MR) is 206 cm³/mol. The van der Waals surface area contributed by atoms with Crippen molar-refractivity contribution in [3.63, 3.8) is 0 Å². The zero-order chi connectivity index (χ0) is 36.3. The Bertz CT molecular complexity index is 843. The van der Waals surface area contributed by atoms with Gasteiger partial charge in [0.1, 0.15) is 25.9 Å². The number of hydrogen-bond acceptors (Lipinski definition) is 6. The zero-order valence-electron chi connectivity index (χ0n) is 32.4. The number of allylic oxidation sites excluding steroid dienone is 4. The first kappa shape index (κ1) is 48.0. The van der Waals surface area contributed by atoms with Gasteiger partial charge in [-0.2, -0.15) is 0 Å². The summed E-state index contributed by atoms with van der Waals surface area (Å²) < 4.78 is 27.2. The number of rotatable bonds is 37. The third-order valence-corrected chi connectivity index (χ3v) is 9.70. The average molecular weight is 717 g/mol. The summed E-state index contributed by atoms with van der Waals surface area (Å²) in [5.74, 6) is -0.369. The zero-order valence-corrected chi connectivity index (χ0v) is 33.3.